The second-order valence-corrected chi connectivity index (χ2v) is 6.63. The van der Waals surface area contributed by atoms with E-state index in [4.69, 9.17) is 14.9 Å². The van der Waals surface area contributed by atoms with Crippen molar-refractivity contribution in [1.82, 2.24) is 4.90 Å². The van der Waals surface area contributed by atoms with Crippen LogP contribution in [-0.2, 0) is 16.1 Å². The van der Waals surface area contributed by atoms with E-state index >= 15 is 0 Å². The lowest BCUT2D eigenvalue weighted by atomic mass is 10.1. The smallest absolute Gasteiger partial charge is 0.339 e. The van der Waals surface area contributed by atoms with E-state index in [9.17, 15) is 19.2 Å². The Hall–Kier alpha value is -4.20. The number of ether oxygens (including phenoxy) is 1. The second-order valence-electron chi connectivity index (χ2n) is 6.63. The minimum absolute atomic E-state index is 0.0170. The van der Waals surface area contributed by atoms with Crippen LogP contribution in [0.2, 0.25) is 0 Å². The minimum Gasteiger partial charge on any atom is -0.467 e. The second kappa shape index (κ2) is 7.67. The molecule has 0 spiro atoms. The van der Waals surface area contributed by atoms with Crippen molar-refractivity contribution in [3.63, 3.8) is 0 Å². The van der Waals surface area contributed by atoms with Crippen LogP contribution in [0, 0.1) is 0 Å². The molecule has 1 atom stereocenters. The maximum Gasteiger partial charge on any atom is 0.339 e. The molecule has 4 rings (SSSR count). The number of furan rings is 1. The molecule has 150 valence electrons. The summed E-state index contributed by atoms with van der Waals surface area (Å²) in [5.41, 5.74) is 6.09. The average molecular weight is 404 g/mol. The molecule has 1 aliphatic heterocycles. The molecule has 1 aromatic heterocycles. The van der Waals surface area contributed by atoms with E-state index in [1.165, 1.54) is 24.5 Å². The van der Waals surface area contributed by atoms with Gasteiger partial charge in [0.1, 0.15) is 5.76 Å². The standard InChI is InChI=1S/C22H16N2O6/c23-19(25)18(13-5-2-1-3-6-13)30-22(28)14-8-9-16-17(11-14)21(27)24(20(16)26)12-15-7-4-10-29-15/h1-11,18H,12H2,(H2,23,25). The van der Waals surface area contributed by atoms with Crippen molar-refractivity contribution in [3.8, 4) is 0 Å². The molecule has 0 saturated carbocycles. The minimum atomic E-state index is -1.28. The van der Waals surface area contributed by atoms with Gasteiger partial charge in [-0.2, -0.15) is 0 Å². The Morgan fingerprint density at radius 2 is 1.70 bits per heavy atom. The first kappa shape index (κ1) is 19.1. The summed E-state index contributed by atoms with van der Waals surface area (Å²) in [6.45, 7) is -0.0170. The molecule has 1 aliphatic rings. The molecule has 2 N–H and O–H groups in total. The molecule has 0 aliphatic carbocycles. The van der Waals surface area contributed by atoms with E-state index < -0.39 is 29.8 Å². The predicted octanol–water partition coefficient (Wildman–Crippen LogP) is 2.46. The van der Waals surface area contributed by atoms with Gasteiger partial charge in [0.2, 0.25) is 6.10 Å². The number of benzene rings is 2. The molecule has 2 heterocycles. The lowest BCUT2D eigenvalue weighted by Crippen LogP contribution is -2.28. The van der Waals surface area contributed by atoms with Gasteiger partial charge in [0, 0.05) is 5.56 Å². The Bertz CT molecular complexity index is 1140. The number of imide groups is 1. The molecule has 30 heavy (non-hydrogen) atoms. The van der Waals surface area contributed by atoms with Gasteiger partial charge in [-0.3, -0.25) is 19.3 Å². The summed E-state index contributed by atoms with van der Waals surface area (Å²) in [5.74, 6) is -2.24. The molecule has 0 bridgehead atoms. The van der Waals surface area contributed by atoms with Crippen LogP contribution in [0.4, 0.5) is 0 Å². The number of carbonyl (C=O) groups excluding carboxylic acids is 4. The van der Waals surface area contributed by atoms with E-state index in [2.05, 4.69) is 0 Å². The van der Waals surface area contributed by atoms with Crippen molar-refractivity contribution in [2.75, 3.05) is 0 Å². The average Bonchev–Trinajstić information content (AvgIpc) is 3.35. The van der Waals surface area contributed by atoms with Gasteiger partial charge < -0.3 is 14.9 Å². The van der Waals surface area contributed by atoms with Crippen LogP contribution in [-0.4, -0.2) is 28.6 Å². The summed E-state index contributed by atoms with van der Waals surface area (Å²) in [7, 11) is 0. The molecule has 1 unspecified atom stereocenters. The van der Waals surface area contributed by atoms with Crippen LogP contribution < -0.4 is 5.73 Å². The largest absolute Gasteiger partial charge is 0.467 e. The maximum atomic E-state index is 12.7. The molecule has 8 nitrogen and oxygen atoms in total. The fraction of sp³-hybridized carbons (Fsp3) is 0.0909. The van der Waals surface area contributed by atoms with E-state index in [1.54, 1.807) is 42.5 Å². The van der Waals surface area contributed by atoms with Crippen molar-refractivity contribution in [3.05, 3.63) is 94.9 Å². The van der Waals surface area contributed by atoms with Gasteiger partial charge in [-0.1, -0.05) is 30.3 Å². The molecule has 3 amide bonds. The number of esters is 1. The predicted molar refractivity (Wildman–Crippen MR) is 103 cm³/mol. The number of fused-ring (bicyclic) bond motifs is 1. The SMILES string of the molecule is NC(=O)C(OC(=O)c1ccc2c(c1)C(=O)N(Cc1ccco1)C2=O)c1ccccc1. The third kappa shape index (κ3) is 3.46. The van der Waals surface area contributed by atoms with Crippen molar-refractivity contribution in [2.24, 2.45) is 5.73 Å². The normalized spacial score (nSPS) is 13.8. The number of amides is 3. The van der Waals surface area contributed by atoms with Gasteiger partial charge in [0.05, 0.1) is 29.5 Å². The number of rotatable bonds is 6. The fourth-order valence-corrected chi connectivity index (χ4v) is 3.21. The van der Waals surface area contributed by atoms with Gasteiger partial charge in [0.15, 0.2) is 0 Å². The third-order valence-electron chi connectivity index (χ3n) is 4.69. The molecule has 8 heteroatoms. The van der Waals surface area contributed by atoms with Crippen molar-refractivity contribution >= 4 is 23.7 Å². The highest BCUT2D eigenvalue weighted by Crippen LogP contribution is 2.27. The number of primary amides is 1. The molecule has 0 radical (unpaired) electrons. The molecule has 2 aromatic carbocycles. The van der Waals surface area contributed by atoms with Crippen LogP contribution >= 0.6 is 0 Å². The fourth-order valence-electron chi connectivity index (χ4n) is 3.21. The molecular weight excluding hydrogens is 388 g/mol. The third-order valence-corrected chi connectivity index (χ3v) is 4.69. The van der Waals surface area contributed by atoms with Crippen molar-refractivity contribution < 1.29 is 28.3 Å². The summed E-state index contributed by atoms with van der Waals surface area (Å²) in [6.07, 6.45) is 0.170. The number of hydrogen-bond acceptors (Lipinski definition) is 6. The zero-order valence-electron chi connectivity index (χ0n) is 15.6. The lowest BCUT2D eigenvalue weighted by molar-refractivity contribution is -0.127. The summed E-state index contributed by atoms with van der Waals surface area (Å²) >= 11 is 0. The Balaban J connectivity index is 1.57. The molecule has 0 saturated heterocycles. The highest BCUT2D eigenvalue weighted by Gasteiger charge is 2.37. The summed E-state index contributed by atoms with van der Waals surface area (Å²) < 4.78 is 10.5. The zero-order chi connectivity index (χ0) is 21.3. The number of carbonyl (C=O) groups is 4. The van der Waals surface area contributed by atoms with E-state index in [1.807, 2.05) is 0 Å². The Labute approximate surface area is 170 Å². The first-order valence-corrected chi connectivity index (χ1v) is 9.03. The van der Waals surface area contributed by atoms with Crippen LogP contribution in [0.15, 0.2) is 71.3 Å². The lowest BCUT2D eigenvalue weighted by Gasteiger charge is -2.15. The topological polar surface area (TPSA) is 120 Å². The van der Waals surface area contributed by atoms with Gasteiger partial charge in [-0.15, -0.1) is 0 Å². The van der Waals surface area contributed by atoms with Crippen LogP contribution in [0.25, 0.3) is 0 Å². The number of hydrogen-bond donors (Lipinski definition) is 1. The van der Waals surface area contributed by atoms with E-state index in [0.29, 0.717) is 11.3 Å². The highest BCUT2D eigenvalue weighted by atomic mass is 16.5. The zero-order valence-corrected chi connectivity index (χ0v) is 15.6. The number of nitrogens with two attached hydrogens (primary N) is 1. The number of nitrogens with zero attached hydrogens (tertiary/aromatic N) is 1. The Kier molecular flexibility index (Phi) is 4.89. The molecule has 3 aromatic rings. The van der Waals surface area contributed by atoms with Gasteiger partial charge in [0.25, 0.3) is 17.7 Å². The van der Waals surface area contributed by atoms with Crippen molar-refractivity contribution in [2.45, 2.75) is 12.6 Å². The van der Waals surface area contributed by atoms with Gasteiger partial charge >= 0.3 is 5.97 Å². The maximum absolute atomic E-state index is 12.7. The van der Waals surface area contributed by atoms with Crippen LogP contribution in [0.5, 0.6) is 0 Å². The van der Waals surface area contributed by atoms with Crippen molar-refractivity contribution in [1.29, 1.82) is 0 Å². The first-order chi connectivity index (χ1) is 14.5. The summed E-state index contributed by atoms with van der Waals surface area (Å²) in [5, 5.41) is 0. The van der Waals surface area contributed by atoms with Crippen LogP contribution in [0.3, 0.4) is 0 Å². The molecule has 0 fully saturated rings. The highest BCUT2D eigenvalue weighted by molar-refractivity contribution is 6.21. The summed E-state index contributed by atoms with van der Waals surface area (Å²) in [6, 6.07) is 15.7. The first-order valence-electron chi connectivity index (χ1n) is 9.03. The molecular formula is C22H16N2O6. The van der Waals surface area contributed by atoms with Gasteiger partial charge in [-0.05, 0) is 30.3 Å². The Morgan fingerprint density at radius 3 is 2.37 bits per heavy atom. The van der Waals surface area contributed by atoms with E-state index in [0.717, 1.165) is 4.90 Å². The summed E-state index contributed by atoms with van der Waals surface area (Å²) in [4.78, 5) is 50.7. The van der Waals surface area contributed by atoms with Crippen LogP contribution in [0.1, 0.15) is 48.5 Å². The van der Waals surface area contributed by atoms with E-state index in [-0.39, 0.29) is 23.2 Å². The Morgan fingerprint density at radius 1 is 0.967 bits per heavy atom. The monoisotopic (exact) mass is 404 g/mol. The van der Waals surface area contributed by atoms with Gasteiger partial charge in [-0.25, -0.2) is 4.79 Å². The quantitative estimate of drug-likeness (QED) is 0.498.